The SMILES string of the molecule is CN(C)CCNc1ccc(-c2nc3nccc(C(=O)NC4CCCC4CO)c3[nH]2)cc1. The van der Waals surface area contributed by atoms with Crippen LogP contribution in [0, 0.1) is 5.92 Å². The van der Waals surface area contributed by atoms with Crippen molar-refractivity contribution in [2.24, 2.45) is 5.92 Å². The Hall–Kier alpha value is -2.97. The maximum Gasteiger partial charge on any atom is 0.253 e. The van der Waals surface area contributed by atoms with Gasteiger partial charge < -0.3 is 25.6 Å². The summed E-state index contributed by atoms with van der Waals surface area (Å²) in [6.45, 7) is 1.93. The Bertz CT molecular complexity index is 1030. The predicted octanol–water partition coefficient (Wildman–Crippen LogP) is 2.49. The number of carbonyl (C=O) groups excluding carboxylic acids is 1. The number of nitrogens with one attached hydrogen (secondary N) is 3. The minimum absolute atomic E-state index is 0.00986. The number of aliphatic hydroxyl groups is 1. The van der Waals surface area contributed by atoms with Crippen LogP contribution in [0.15, 0.2) is 36.5 Å². The average molecular weight is 423 g/mol. The van der Waals surface area contributed by atoms with E-state index in [2.05, 4.69) is 30.5 Å². The second-order valence-corrected chi connectivity index (χ2v) is 8.40. The third-order valence-electron chi connectivity index (χ3n) is 5.89. The van der Waals surface area contributed by atoms with Crippen LogP contribution in [-0.4, -0.2) is 70.7 Å². The van der Waals surface area contributed by atoms with E-state index in [9.17, 15) is 9.90 Å². The summed E-state index contributed by atoms with van der Waals surface area (Å²) < 4.78 is 0. The van der Waals surface area contributed by atoms with Gasteiger partial charge in [0.15, 0.2) is 5.65 Å². The average Bonchev–Trinajstić information content (AvgIpc) is 3.40. The molecule has 1 aliphatic rings. The molecule has 0 spiro atoms. The standard InChI is InChI=1S/C23H30N6O2/c1-29(2)13-12-24-17-8-6-15(7-9-17)21-27-20-18(10-11-25-22(20)28-21)23(31)26-19-5-3-4-16(19)14-30/h6-11,16,19,24,30H,3-5,12-14H2,1-2H3,(H,26,31)(H,25,27,28). The minimum atomic E-state index is -0.159. The molecular formula is C23H30N6O2. The van der Waals surface area contributed by atoms with E-state index < -0.39 is 0 Å². The molecule has 3 aromatic rings. The van der Waals surface area contributed by atoms with Gasteiger partial charge in [-0.2, -0.15) is 0 Å². The van der Waals surface area contributed by atoms with Crippen LogP contribution in [0.2, 0.25) is 0 Å². The summed E-state index contributed by atoms with van der Waals surface area (Å²) in [5, 5.41) is 16.0. The highest BCUT2D eigenvalue weighted by Crippen LogP contribution is 2.27. The molecule has 1 aromatic carbocycles. The first-order valence-electron chi connectivity index (χ1n) is 10.8. The van der Waals surface area contributed by atoms with E-state index >= 15 is 0 Å². The molecule has 2 unspecified atom stereocenters. The van der Waals surface area contributed by atoms with E-state index in [0.29, 0.717) is 22.6 Å². The van der Waals surface area contributed by atoms with Crippen LogP contribution >= 0.6 is 0 Å². The van der Waals surface area contributed by atoms with Crippen molar-refractivity contribution in [3.63, 3.8) is 0 Å². The van der Waals surface area contributed by atoms with Crippen molar-refractivity contribution in [1.29, 1.82) is 0 Å². The number of hydrogen-bond donors (Lipinski definition) is 4. The number of likely N-dealkylation sites (N-methyl/N-ethyl adjacent to an activating group) is 1. The second-order valence-electron chi connectivity index (χ2n) is 8.40. The lowest BCUT2D eigenvalue weighted by Gasteiger charge is -2.19. The number of pyridine rings is 1. The van der Waals surface area contributed by atoms with Crippen molar-refractivity contribution in [1.82, 2.24) is 25.2 Å². The molecule has 2 atom stereocenters. The number of fused-ring (bicyclic) bond motifs is 1. The number of amides is 1. The number of benzene rings is 1. The summed E-state index contributed by atoms with van der Waals surface area (Å²) in [5.41, 5.74) is 3.64. The molecule has 31 heavy (non-hydrogen) atoms. The van der Waals surface area contributed by atoms with Gasteiger partial charge in [-0.15, -0.1) is 0 Å². The number of nitrogens with zero attached hydrogens (tertiary/aromatic N) is 3. The number of rotatable bonds is 8. The molecule has 0 radical (unpaired) electrons. The molecule has 1 aliphatic carbocycles. The third-order valence-corrected chi connectivity index (χ3v) is 5.89. The molecule has 8 heteroatoms. The minimum Gasteiger partial charge on any atom is -0.396 e. The summed E-state index contributed by atoms with van der Waals surface area (Å²) in [4.78, 5) is 27.3. The summed E-state index contributed by atoms with van der Waals surface area (Å²) in [6.07, 6.45) is 4.48. The maximum atomic E-state index is 12.9. The topological polar surface area (TPSA) is 106 Å². The molecule has 8 nitrogen and oxygen atoms in total. The van der Waals surface area contributed by atoms with Crippen molar-refractivity contribution in [2.75, 3.05) is 39.1 Å². The van der Waals surface area contributed by atoms with Gasteiger partial charge in [0.2, 0.25) is 0 Å². The molecule has 0 saturated heterocycles. The zero-order valence-electron chi connectivity index (χ0n) is 18.1. The van der Waals surface area contributed by atoms with Crippen LogP contribution < -0.4 is 10.6 Å². The molecule has 1 amide bonds. The summed E-state index contributed by atoms with van der Waals surface area (Å²) in [5.74, 6) is 0.647. The van der Waals surface area contributed by atoms with E-state index in [0.717, 1.165) is 43.6 Å². The quantitative estimate of drug-likeness (QED) is 0.444. The first-order chi connectivity index (χ1) is 15.0. The summed E-state index contributed by atoms with van der Waals surface area (Å²) >= 11 is 0. The van der Waals surface area contributed by atoms with E-state index in [4.69, 9.17) is 0 Å². The monoisotopic (exact) mass is 422 g/mol. The maximum absolute atomic E-state index is 12.9. The molecule has 4 rings (SSSR count). The summed E-state index contributed by atoms with van der Waals surface area (Å²) in [7, 11) is 4.10. The number of carbonyl (C=O) groups is 1. The van der Waals surface area contributed by atoms with E-state index in [-0.39, 0.29) is 24.5 Å². The Morgan fingerprint density at radius 2 is 2.03 bits per heavy atom. The number of anilines is 1. The van der Waals surface area contributed by atoms with Crippen LogP contribution in [0.3, 0.4) is 0 Å². The van der Waals surface area contributed by atoms with Gasteiger partial charge >= 0.3 is 0 Å². The van der Waals surface area contributed by atoms with Crippen molar-refractivity contribution < 1.29 is 9.90 Å². The molecule has 4 N–H and O–H groups in total. The highest BCUT2D eigenvalue weighted by atomic mass is 16.3. The van der Waals surface area contributed by atoms with Gasteiger partial charge in [-0.3, -0.25) is 4.79 Å². The van der Waals surface area contributed by atoms with Crippen LogP contribution in [0.5, 0.6) is 0 Å². The lowest BCUT2D eigenvalue weighted by Crippen LogP contribution is -2.38. The molecular weight excluding hydrogens is 392 g/mol. The van der Waals surface area contributed by atoms with Gasteiger partial charge in [-0.25, -0.2) is 9.97 Å². The number of aliphatic hydroxyl groups excluding tert-OH is 1. The number of aromatic nitrogens is 3. The lowest BCUT2D eigenvalue weighted by atomic mass is 10.0. The number of H-pyrrole nitrogens is 1. The Kier molecular flexibility index (Phi) is 6.48. The zero-order valence-corrected chi connectivity index (χ0v) is 18.1. The van der Waals surface area contributed by atoms with Crippen molar-refractivity contribution >= 4 is 22.8 Å². The number of aromatic amines is 1. The number of hydrogen-bond acceptors (Lipinski definition) is 6. The normalized spacial score (nSPS) is 18.6. The fraction of sp³-hybridized carbons (Fsp3) is 0.435. The molecule has 1 saturated carbocycles. The third kappa shape index (κ3) is 4.86. The van der Waals surface area contributed by atoms with Crippen LogP contribution in [0.4, 0.5) is 5.69 Å². The molecule has 2 aromatic heterocycles. The van der Waals surface area contributed by atoms with E-state index in [1.807, 2.05) is 38.4 Å². The second kappa shape index (κ2) is 9.45. The Morgan fingerprint density at radius 3 is 2.77 bits per heavy atom. The van der Waals surface area contributed by atoms with E-state index in [1.54, 1.807) is 12.3 Å². The first-order valence-corrected chi connectivity index (χ1v) is 10.8. The van der Waals surface area contributed by atoms with Gasteiger partial charge in [-0.1, -0.05) is 6.42 Å². The number of imidazole rings is 1. The fourth-order valence-corrected chi connectivity index (χ4v) is 4.10. The van der Waals surface area contributed by atoms with Gasteiger partial charge in [0.05, 0.1) is 11.1 Å². The fourth-order valence-electron chi connectivity index (χ4n) is 4.10. The Morgan fingerprint density at radius 1 is 1.23 bits per heavy atom. The smallest absolute Gasteiger partial charge is 0.253 e. The van der Waals surface area contributed by atoms with Crippen molar-refractivity contribution in [3.8, 4) is 11.4 Å². The zero-order chi connectivity index (χ0) is 21.8. The van der Waals surface area contributed by atoms with Crippen molar-refractivity contribution in [2.45, 2.75) is 25.3 Å². The molecule has 0 bridgehead atoms. The van der Waals surface area contributed by atoms with Gasteiger partial charge in [0.25, 0.3) is 5.91 Å². The highest BCUT2D eigenvalue weighted by molar-refractivity contribution is 6.04. The van der Waals surface area contributed by atoms with Crippen LogP contribution in [-0.2, 0) is 0 Å². The van der Waals surface area contributed by atoms with Crippen LogP contribution in [0.1, 0.15) is 29.6 Å². The van der Waals surface area contributed by atoms with Gasteiger partial charge in [0.1, 0.15) is 5.82 Å². The van der Waals surface area contributed by atoms with Gasteiger partial charge in [0, 0.05) is 49.1 Å². The van der Waals surface area contributed by atoms with Crippen LogP contribution in [0.25, 0.3) is 22.6 Å². The predicted molar refractivity (Wildman–Crippen MR) is 122 cm³/mol. The van der Waals surface area contributed by atoms with E-state index in [1.165, 1.54) is 0 Å². The molecule has 164 valence electrons. The lowest BCUT2D eigenvalue weighted by molar-refractivity contribution is 0.0917. The highest BCUT2D eigenvalue weighted by Gasteiger charge is 2.28. The molecule has 2 heterocycles. The molecule has 0 aliphatic heterocycles. The Balaban J connectivity index is 1.51. The first kappa shape index (κ1) is 21.3. The molecule has 1 fully saturated rings. The van der Waals surface area contributed by atoms with Gasteiger partial charge in [-0.05, 0) is 57.3 Å². The Labute approximate surface area is 182 Å². The largest absolute Gasteiger partial charge is 0.396 e. The van der Waals surface area contributed by atoms with Crippen molar-refractivity contribution in [3.05, 3.63) is 42.1 Å². The summed E-state index contributed by atoms with van der Waals surface area (Å²) in [6, 6.07) is 9.76.